The first-order valence-corrected chi connectivity index (χ1v) is 9.72. The van der Waals surface area contributed by atoms with Gasteiger partial charge in [-0.3, -0.25) is 9.98 Å². The molecule has 3 heterocycles. The van der Waals surface area contributed by atoms with Gasteiger partial charge in [0.15, 0.2) is 11.8 Å². The van der Waals surface area contributed by atoms with E-state index < -0.39 is 0 Å². The van der Waals surface area contributed by atoms with Gasteiger partial charge in [0, 0.05) is 50.2 Å². The van der Waals surface area contributed by atoms with Crippen LogP contribution in [0.2, 0.25) is 0 Å². The first-order valence-electron chi connectivity index (χ1n) is 8.90. The Hall–Kier alpha value is -2.08. The fourth-order valence-electron chi connectivity index (χ4n) is 2.38. The van der Waals surface area contributed by atoms with E-state index in [2.05, 4.69) is 42.7 Å². The van der Waals surface area contributed by atoms with Crippen molar-refractivity contribution in [2.45, 2.75) is 26.2 Å². The minimum Gasteiger partial charge on any atom is -0.356 e. The van der Waals surface area contributed by atoms with Crippen LogP contribution in [0.3, 0.4) is 0 Å². The molecule has 0 saturated carbocycles. The minimum atomic E-state index is 0. The third-order valence-corrected chi connectivity index (χ3v) is 5.00. The van der Waals surface area contributed by atoms with Gasteiger partial charge >= 0.3 is 0 Å². The Morgan fingerprint density at radius 3 is 2.68 bits per heavy atom. The number of hydrogen-bond acceptors (Lipinski definition) is 7. The Morgan fingerprint density at radius 1 is 1.18 bits per heavy atom. The summed E-state index contributed by atoms with van der Waals surface area (Å²) in [7, 11) is 1.75. The van der Waals surface area contributed by atoms with Crippen molar-refractivity contribution in [2.75, 3.05) is 20.1 Å². The number of halogens is 1. The van der Waals surface area contributed by atoms with Gasteiger partial charge in [-0.05, 0) is 18.6 Å². The molecule has 10 heteroatoms. The molecule has 150 valence electrons. The zero-order valence-electron chi connectivity index (χ0n) is 15.9. The van der Waals surface area contributed by atoms with Gasteiger partial charge in [0.25, 0.3) is 5.89 Å². The average molecular weight is 513 g/mol. The normalized spacial score (nSPS) is 11.1. The number of nitrogens with zero attached hydrogens (tertiary/aromatic N) is 5. The van der Waals surface area contributed by atoms with Crippen LogP contribution >= 0.6 is 35.3 Å². The van der Waals surface area contributed by atoms with Gasteiger partial charge < -0.3 is 15.2 Å². The lowest BCUT2D eigenvalue weighted by Gasteiger charge is -2.10. The van der Waals surface area contributed by atoms with E-state index in [0.717, 1.165) is 30.4 Å². The predicted molar refractivity (Wildman–Crippen MR) is 121 cm³/mol. The van der Waals surface area contributed by atoms with Crippen LogP contribution < -0.4 is 10.6 Å². The number of aromatic nitrogens is 4. The number of aryl methyl sites for hydroxylation is 1. The lowest BCUT2D eigenvalue weighted by Crippen LogP contribution is -2.39. The van der Waals surface area contributed by atoms with Crippen molar-refractivity contribution in [2.24, 2.45) is 4.99 Å². The minimum absolute atomic E-state index is 0. The smallest absolute Gasteiger partial charge is 0.276 e. The SMILES string of the molecule is CCc1cnc(CCNC(=NC)NCCc2noc(-c3ccccn3)n2)s1.I. The van der Waals surface area contributed by atoms with E-state index in [9.17, 15) is 0 Å². The van der Waals surface area contributed by atoms with E-state index in [1.807, 2.05) is 24.4 Å². The van der Waals surface area contributed by atoms with Gasteiger partial charge in [-0.1, -0.05) is 18.1 Å². The van der Waals surface area contributed by atoms with Crippen molar-refractivity contribution in [1.29, 1.82) is 0 Å². The van der Waals surface area contributed by atoms with Gasteiger partial charge in [-0.2, -0.15) is 4.98 Å². The largest absolute Gasteiger partial charge is 0.356 e. The molecule has 0 aromatic carbocycles. The average Bonchev–Trinajstić information content (AvgIpc) is 3.37. The van der Waals surface area contributed by atoms with E-state index in [0.29, 0.717) is 30.4 Å². The topological polar surface area (TPSA) is 101 Å². The summed E-state index contributed by atoms with van der Waals surface area (Å²) in [6.45, 7) is 3.57. The van der Waals surface area contributed by atoms with Crippen molar-refractivity contribution in [3.8, 4) is 11.6 Å². The maximum Gasteiger partial charge on any atom is 0.276 e. The monoisotopic (exact) mass is 513 g/mol. The van der Waals surface area contributed by atoms with Crippen molar-refractivity contribution in [1.82, 2.24) is 30.7 Å². The standard InChI is InChI=1S/C18H23N7OS.HI/c1-3-13-12-23-16(27-13)8-11-22-18(19-2)21-10-7-15-24-17(26-25-15)14-6-4-5-9-20-14;/h4-6,9,12H,3,7-8,10-11H2,1-2H3,(H2,19,21,22);1H. The Morgan fingerprint density at radius 2 is 2.00 bits per heavy atom. The van der Waals surface area contributed by atoms with Crippen LogP contribution in [0.15, 0.2) is 40.1 Å². The molecule has 0 spiro atoms. The molecular weight excluding hydrogens is 489 g/mol. The molecule has 0 bridgehead atoms. The van der Waals surface area contributed by atoms with Gasteiger partial charge in [0.2, 0.25) is 0 Å². The fraction of sp³-hybridized carbons (Fsp3) is 0.389. The van der Waals surface area contributed by atoms with Crippen LogP contribution in [-0.4, -0.2) is 46.2 Å². The van der Waals surface area contributed by atoms with E-state index in [1.54, 1.807) is 24.6 Å². The summed E-state index contributed by atoms with van der Waals surface area (Å²) in [5.41, 5.74) is 0.676. The summed E-state index contributed by atoms with van der Waals surface area (Å²) >= 11 is 1.76. The van der Waals surface area contributed by atoms with Gasteiger partial charge in [-0.15, -0.1) is 35.3 Å². The van der Waals surface area contributed by atoms with Crippen LogP contribution in [0.25, 0.3) is 11.6 Å². The highest BCUT2D eigenvalue weighted by Crippen LogP contribution is 2.14. The number of rotatable bonds is 8. The van der Waals surface area contributed by atoms with Crippen LogP contribution in [0.4, 0.5) is 0 Å². The zero-order chi connectivity index (χ0) is 18.9. The second kappa shape index (κ2) is 11.7. The maximum atomic E-state index is 5.26. The van der Waals surface area contributed by atoms with Crippen molar-refractivity contribution >= 4 is 41.3 Å². The van der Waals surface area contributed by atoms with Gasteiger partial charge in [0.05, 0.1) is 5.01 Å². The Labute approximate surface area is 185 Å². The summed E-state index contributed by atoms with van der Waals surface area (Å²) in [6.07, 6.45) is 6.20. The molecule has 0 amide bonds. The van der Waals surface area contributed by atoms with E-state index in [4.69, 9.17) is 4.52 Å². The molecule has 28 heavy (non-hydrogen) atoms. The highest BCUT2D eigenvalue weighted by molar-refractivity contribution is 14.0. The molecule has 0 aliphatic heterocycles. The number of hydrogen-bond donors (Lipinski definition) is 2. The van der Waals surface area contributed by atoms with Crippen molar-refractivity contribution in [3.63, 3.8) is 0 Å². The summed E-state index contributed by atoms with van der Waals surface area (Å²) in [4.78, 5) is 18.5. The molecule has 0 unspecified atom stereocenters. The predicted octanol–water partition coefficient (Wildman–Crippen LogP) is 2.72. The molecule has 0 aliphatic carbocycles. The van der Waals surface area contributed by atoms with Crippen LogP contribution in [0, 0.1) is 0 Å². The molecule has 2 N–H and O–H groups in total. The first-order chi connectivity index (χ1) is 13.3. The van der Waals surface area contributed by atoms with Crippen molar-refractivity contribution in [3.05, 3.63) is 46.3 Å². The Bertz CT molecular complexity index is 866. The highest BCUT2D eigenvalue weighted by Gasteiger charge is 2.09. The number of guanidine groups is 1. The maximum absolute atomic E-state index is 5.26. The van der Waals surface area contributed by atoms with Gasteiger partial charge in [-0.25, -0.2) is 4.98 Å². The second-order valence-corrected chi connectivity index (χ2v) is 6.93. The number of nitrogens with one attached hydrogen (secondary N) is 2. The molecule has 3 aromatic rings. The number of thiazole rings is 1. The second-order valence-electron chi connectivity index (χ2n) is 5.73. The van der Waals surface area contributed by atoms with Crippen molar-refractivity contribution < 1.29 is 4.52 Å². The van der Waals surface area contributed by atoms with Crippen LogP contribution in [-0.2, 0) is 19.3 Å². The van der Waals surface area contributed by atoms with E-state index >= 15 is 0 Å². The summed E-state index contributed by atoms with van der Waals surface area (Å²) in [6, 6.07) is 5.58. The molecule has 0 radical (unpaired) electrons. The Balaban J connectivity index is 0.00000280. The lowest BCUT2D eigenvalue weighted by molar-refractivity contribution is 0.421. The Kier molecular flexibility index (Phi) is 9.28. The molecule has 3 rings (SSSR count). The van der Waals surface area contributed by atoms with E-state index in [-0.39, 0.29) is 24.0 Å². The lowest BCUT2D eigenvalue weighted by atomic mass is 10.3. The number of aliphatic imine (C=N–C) groups is 1. The molecule has 8 nitrogen and oxygen atoms in total. The number of pyridine rings is 1. The molecular formula is C18H24IN7OS. The first kappa shape index (κ1) is 22.2. The molecule has 0 atom stereocenters. The summed E-state index contributed by atoms with van der Waals surface area (Å²) in [5, 5.41) is 11.7. The highest BCUT2D eigenvalue weighted by atomic mass is 127. The fourth-order valence-corrected chi connectivity index (χ4v) is 3.24. The van der Waals surface area contributed by atoms with E-state index in [1.165, 1.54) is 4.88 Å². The summed E-state index contributed by atoms with van der Waals surface area (Å²) in [5.74, 6) is 1.81. The quantitative estimate of drug-likeness (QED) is 0.271. The molecule has 3 aromatic heterocycles. The zero-order valence-corrected chi connectivity index (χ0v) is 19.0. The van der Waals surface area contributed by atoms with Crippen LogP contribution in [0.1, 0.15) is 22.6 Å². The third kappa shape index (κ3) is 6.51. The third-order valence-electron chi connectivity index (χ3n) is 3.80. The van der Waals surface area contributed by atoms with Gasteiger partial charge in [0.1, 0.15) is 5.69 Å². The molecule has 0 aliphatic rings. The summed E-state index contributed by atoms with van der Waals surface area (Å²) < 4.78 is 5.26. The molecule has 0 saturated heterocycles. The van der Waals surface area contributed by atoms with Crippen LogP contribution in [0.5, 0.6) is 0 Å². The molecule has 0 fully saturated rings.